The average Bonchev–Trinajstić information content (AvgIpc) is 2.60. The van der Waals surface area contributed by atoms with Crippen LogP contribution in [0.2, 0.25) is 0 Å². The van der Waals surface area contributed by atoms with Crippen LogP contribution < -0.4 is 5.73 Å². The fourth-order valence-electron chi connectivity index (χ4n) is 2.22. The van der Waals surface area contributed by atoms with E-state index in [2.05, 4.69) is 18.0 Å². The SMILES string of the molecule is CC(CN)C1CCc2ccncc21. The fraction of sp³-hybridized carbons (Fsp3) is 0.545. The summed E-state index contributed by atoms with van der Waals surface area (Å²) in [6.45, 7) is 3.01. The molecule has 0 aliphatic heterocycles. The summed E-state index contributed by atoms with van der Waals surface area (Å²) in [6.07, 6.45) is 6.35. The largest absolute Gasteiger partial charge is 0.330 e. The van der Waals surface area contributed by atoms with Crippen LogP contribution in [0.5, 0.6) is 0 Å². The molecule has 1 heterocycles. The standard InChI is InChI=1S/C11H16N2/c1-8(6-12)10-3-2-9-4-5-13-7-11(9)10/h4-5,7-8,10H,2-3,6,12H2,1H3. The predicted octanol–water partition coefficient (Wildman–Crippen LogP) is 1.71. The molecule has 0 aromatic carbocycles. The highest BCUT2D eigenvalue weighted by atomic mass is 14.6. The van der Waals surface area contributed by atoms with E-state index in [1.54, 1.807) is 0 Å². The molecule has 0 radical (unpaired) electrons. The molecule has 1 aromatic rings. The average molecular weight is 176 g/mol. The van der Waals surface area contributed by atoms with Gasteiger partial charge in [-0.3, -0.25) is 4.98 Å². The molecule has 0 bridgehead atoms. The molecule has 2 unspecified atom stereocenters. The number of hydrogen-bond donors (Lipinski definition) is 1. The zero-order valence-electron chi connectivity index (χ0n) is 8.03. The van der Waals surface area contributed by atoms with Gasteiger partial charge in [-0.25, -0.2) is 0 Å². The number of pyridine rings is 1. The molecule has 70 valence electrons. The summed E-state index contributed by atoms with van der Waals surface area (Å²) in [5, 5.41) is 0. The molecule has 0 saturated heterocycles. The molecule has 0 spiro atoms. The summed E-state index contributed by atoms with van der Waals surface area (Å²) in [5.41, 5.74) is 8.59. The lowest BCUT2D eigenvalue weighted by Crippen LogP contribution is -2.17. The van der Waals surface area contributed by atoms with Gasteiger partial charge >= 0.3 is 0 Å². The Morgan fingerprint density at radius 2 is 2.54 bits per heavy atom. The van der Waals surface area contributed by atoms with Gasteiger partial charge in [0.05, 0.1) is 0 Å². The molecule has 0 amide bonds. The molecule has 1 aromatic heterocycles. The van der Waals surface area contributed by atoms with Crippen LogP contribution in [0.1, 0.15) is 30.4 Å². The van der Waals surface area contributed by atoms with Crippen molar-refractivity contribution in [3.63, 3.8) is 0 Å². The quantitative estimate of drug-likeness (QED) is 0.745. The Labute approximate surface area is 79.2 Å². The van der Waals surface area contributed by atoms with Crippen molar-refractivity contribution >= 4 is 0 Å². The summed E-state index contributed by atoms with van der Waals surface area (Å²) >= 11 is 0. The van der Waals surface area contributed by atoms with E-state index in [0.29, 0.717) is 11.8 Å². The second-order valence-corrected chi connectivity index (χ2v) is 3.93. The number of rotatable bonds is 2. The van der Waals surface area contributed by atoms with Gasteiger partial charge in [0, 0.05) is 12.4 Å². The molecule has 13 heavy (non-hydrogen) atoms. The van der Waals surface area contributed by atoms with Crippen LogP contribution in [0.15, 0.2) is 18.5 Å². The first kappa shape index (κ1) is 8.70. The third-order valence-corrected chi connectivity index (χ3v) is 3.13. The van der Waals surface area contributed by atoms with Crippen LogP contribution in [0, 0.1) is 5.92 Å². The molecule has 2 rings (SSSR count). The third kappa shape index (κ3) is 1.46. The molecule has 0 fully saturated rings. The minimum Gasteiger partial charge on any atom is -0.330 e. The van der Waals surface area contributed by atoms with E-state index >= 15 is 0 Å². The van der Waals surface area contributed by atoms with Crippen LogP contribution in [0.3, 0.4) is 0 Å². The summed E-state index contributed by atoms with van der Waals surface area (Å²) in [6, 6.07) is 2.14. The number of hydrogen-bond acceptors (Lipinski definition) is 2. The molecule has 0 saturated carbocycles. The van der Waals surface area contributed by atoms with Crippen molar-refractivity contribution in [1.29, 1.82) is 0 Å². The van der Waals surface area contributed by atoms with Gasteiger partial charge < -0.3 is 5.73 Å². The van der Waals surface area contributed by atoms with E-state index < -0.39 is 0 Å². The highest BCUT2D eigenvalue weighted by Crippen LogP contribution is 2.36. The van der Waals surface area contributed by atoms with Crippen molar-refractivity contribution in [1.82, 2.24) is 4.98 Å². The van der Waals surface area contributed by atoms with Gasteiger partial charge in [0.15, 0.2) is 0 Å². The Kier molecular flexibility index (Phi) is 2.32. The molecule has 2 nitrogen and oxygen atoms in total. The molecule has 2 heteroatoms. The van der Waals surface area contributed by atoms with Crippen molar-refractivity contribution < 1.29 is 0 Å². The van der Waals surface area contributed by atoms with E-state index in [0.717, 1.165) is 6.54 Å². The topological polar surface area (TPSA) is 38.9 Å². The van der Waals surface area contributed by atoms with Gasteiger partial charge in [-0.05, 0) is 48.4 Å². The van der Waals surface area contributed by atoms with Crippen LogP contribution >= 0.6 is 0 Å². The van der Waals surface area contributed by atoms with E-state index in [1.807, 2.05) is 12.4 Å². The summed E-state index contributed by atoms with van der Waals surface area (Å²) in [5.74, 6) is 1.24. The number of fused-ring (bicyclic) bond motifs is 1. The summed E-state index contributed by atoms with van der Waals surface area (Å²) in [7, 11) is 0. The van der Waals surface area contributed by atoms with E-state index in [9.17, 15) is 0 Å². The fourth-order valence-corrected chi connectivity index (χ4v) is 2.22. The lowest BCUT2D eigenvalue weighted by Gasteiger charge is -2.17. The normalized spacial score (nSPS) is 22.8. The van der Waals surface area contributed by atoms with E-state index in [-0.39, 0.29) is 0 Å². The van der Waals surface area contributed by atoms with Crippen LogP contribution in [-0.2, 0) is 6.42 Å². The smallest absolute Gasteiger partial charge is 0.0305 e. The molecule has 1 aliphatic rings. The van der Waals surface area contributed by atoms with Gasteiger partial charge in [-0.1, -0.05) is 6.92 Å². The van der Waals surface area contributed by atoms with Crippen molar-refractivity contribution in [3.8, 4) is 0 Å². The maximum absolute atomic E-state index is 5.69. The molecular formula is C11H16N2. The van der Waals surface area contributed by atoms with Crippen LogP contribution in [0.25, 0.3) is 0 Å². The van der Waals surface area contributed by atoms with Crippen molar-refractivity contribution in [2.24, 2.45) is 11.7 Å². The van der Waals surface area contributed by atoms with Crippen molar-refractivity contribution in [2.45, 2.75) is 25.7 Å². The van der Waals surface area contributed by atoms with Gasteiger partial charge in [0.2, 0.25) is 0 Å². The van der Waals surface area contributed by atoms with Crippen LogP contribution in [0.4, 0.5) is 0 Å². The second kappa shape index (κ2) is 3.46. The highest BCUT2D eigenvalue weighted by molar-refractivity contribution is 5.32. The Bertz CT molecular complexity index is 296. The predicted molar refractivity (Wildman–Crippen MR) is 53.5 cm³/mol. The van der Waals surface area contributed by atoms with E-state index in [4.69, 9.17) is 5.73 Å². The Hall–Kier alpha value is -0.890. The molecule has 2 atom stereocenters. The third-order valence-electron chi connectivity index (χ3n) is 3.13. The molecule has 2 N–H and O–H groups in total. The first-order valence-corrected chi connectivity index (χ1v) is 4.95. The Morgan fingerprint density at radius 1 is 1.69 bits per heavy atom. The van der Waals surface area contributed by atoms with Gasteiger partial charge in [0.25, 0.3) is 0 Å². The van der Waals surface area contributed by atoms with Crippen molar-refractivity contribution in [3.05, 3.63) is 29.6 Å². The first-order valence-electron chi connectivity index (χ1n) is 4.95. The first-order chi connectivity index (χ1) is 6.33. The van der Waals surface area contributed by atoms with Gasteiger partial charge in [0.1, 0.15) is 0 Å². The zero-order chi connectivity index (χ0) is 9.26. The lowest BCUT2D eigenvalue weighted by atomic mass is 9.90. The maximum atomic E-state index is 5.69. The van der Waals surface area contributed by atoms with Gasteiger partial charge in [-0.15, -0.1) is 0 Å². The highest BCUT2D eigenvalue weighted by Gasteiger charge is 2.26. The summed E-state index contributed by atoms with van der Waals surface area (Å²) < 4.78 is 0. The second-order valence-electron chi connectivity index (χ2n) is 3.93. The molecular weight excluding hydrogens is 160 g/mol. The number of nitrogens with zero attached hydrogens (tertiary/aromatic N) is 1. The lowest BCUT2D eigenvalue weighted by molar-refractivity contribution is 0.465. The van der Waals surface area contributed by atoms with E-state index in [1.165, 1.54) is 24.0 Å². The summed E-state index contributed by atoms with van der Waals surface area (Å²) in [4.78, 5) is 4.18. The van der Waals surface area contributed by atoms with Gasteiger partial charge in [-0.2, -0.15) is 0 Å². The minimum atomic E-state index is 0.588. The number of aromatic nitrogens is 1. The Morgan fingerprint density at radius 3 is 3.31 bits per heavy atom. The zero-order valence-corrected chi connectivity index (χ0v) is 8.03. The minimum absolute atomic E-state index is 0.588. The molecule has 1 aliphatic carbocycles. The number of aryl methyl sites for hydroxylation is 1. The van der Waals surface area contributed by atoms with Crippen molar-refractivity contribution in [2.75, 3.05) is 6.54 Å². The van der Waals surface area contributed by atoms with Crippen LogP contribution in [-0.4, -0.2) is 11.5 Å². The Balaban J connectivity index is 2.28. The number of nitrogens with two attached hydrogens (primary N) is 1. The maximum Gasteiger partial charge on any atom is 0.0305 e. The monoisotopic (exact) mass is 176 g/mol.